The Morgan fingerprint density at radius 2 is 0.816 bits per heavy atom. The number of aliphatic carboxylic acids is 3. The molecule has 0 aromatic carbocycles. The molecule has 0 heterocycles. The van der Waals surface area contributed by atoms with Crippen LogP contribution in [-0.4, -0.2) is 178 Å². The van der Waals surface area contributed by atoms with Gasteiger partial charge >= 0.3 is 17.9 Å². The maximum Gasteiger partial charge on any atom is 0.326 e. The second-order valence-electron chi connectivity index (χ2n) is 18.3. The van der Waals surface area contributed by atoms with Crippen LogP contribution < -0.4 is 76.9 Å². The summed E-state index contributed by atoms with van der Waals surface area (Å²) in [7, 11) is 0. The minimum absolute atomic E-state index is 0.0202. The first-order valence-corrected chi connectivity index (χ1v) is 24.9. The molecule has 31 heteroatoms. The maximum absolute atomic E-state index is 14.0. The number of carboxylic acid groups (broad SMARTS) is 3. The number of amides is 8. The SMILES string of the molecule is CC[C@H](C)[C@H](NC(=O)[C@H](C)N)C(=O)N[C@@H](CCCN=C(N)N)C(=O)N[C@H](C(=O)N[C@@H](CO)C(=O)N[C@@H](CCCN=C(N)N)C(=O)N[C@@H](CCC(=O)O)C(=O)N[C@@H](CCC(=O)O)C(=O)N[C@@H](CCCCN)C(=O)O)C(C)C. The molecule has 0 saturated carbocycles. The molecular weight excluding hydrogens is 1000 g/mol. The van der Waals surface area contributed by atoms with Gasteiger partial charge in [0.2, 0.25) is 47.3 Å². The van der Waals surface area contributed by atoms with E-state index in [0.29, 0.717) is 19.3 Å². The molecule has 0 bridgehead atoms. The van der Waals surface area contributed by atoms with Gasteiger partial charge in [-0.05, 0) is 83.1 Å². The smallest absolute Gasteiger partial charge is 0.326 e. The van der Waals surface area contributed by atoms with Gasteiger partial charge in [0.1, 0.15) is 48.3 Å². The maximum atomic E-state index is 14.0. The zero-order valence-electron chi connectivity index (χ0n) is 43.8. The molecule has 0 rings (SSSR count). The molecule has 0 aromatic heterocycles. The first-order chi connectivity index (χ1) is 35.6. The first-order valence-electron chi connectivity index (χ1n) is 24.9. The number of carboxylic acids is 3. The van der Waals surface area contributed by atoms with Crippen LogP contribution in [0.25, 0.3) is 0 Å². The fourth-order valence-corrected chi connectivity index (χ4v) is 6.95. The molecule has 10 atom stereocenters. The number of unbranched alkanes of at least 4 members (excludes halogenated alkanes) is 1. The summed E-state index contributed by atoms with van der Waals surface area (Å²) in [5, 5.41) is 58.2. The lowest BCUT2D eigenvalue weighted by molar-refractivity contribution is -0.143. The molecule has 76 heavy (non-hydrogen) atoms. The Hall–Kier alpha value is -7.41. The van der Waals surface area contributed by atoms with Crippen LogP contribution in [0.3, 0.4) is 0 Å². The van der Waals surface area contributed by atoms with E-state index >= 15 is 0 Å². The number of hydrogen-bond acceptors (Lipinski definition) is 16. The number of guanidine groups is 2. The van der Waals surface area contributed by atoms with Gasteiger partial charge in [0.15, 0.2) is 11.9 Å². The van der Waals surface area contributed by atoms with Crippen molar-refractivity contribution in [3.63, 3.8) is 0 Å². The average molecular weight is 1090 g/mol. The summed E-state index contributed by atoms with van der Waals surface area (Å²) >= 11 is 0. The quantitative estimate of drug-likeness (QED) is 0.0155. The summed E-state index contributed by atoms with van der Waals surface area (Å²) in [5.41, 5.74) is 32.9. The van der Waals surface area contributed by atoms with Crippen molar-refractivity contribution in [2.24, 2.45) is 56.2 Å². The number of aliphatic imine (C=N–C) groups is 2. The van der Waals surface area contributed by atoms with E-state index in [-0.39, 0.29) is 63.7 Å². The molecule has 0 radical (unpaired) electrons. The summed E-state index contributed by atoms with van der Waals surface area (Å²) in [4.78, 5) is 152. The Bertz CT molecular complexity index is 2020. The highest BCUT2D eigenvalue weighted by Crippen LogP contribution is 2.13. The summed E-state index contributed by atoms with van der Waals surface area (Å²) in [6.07, 6.45) is -1.74. The van der Waals surface area contributed by atoms with Crippen molar-refractivity contribution >= 4 is 77.1 Å². The number of nitrogens with two attached hydrogens (primary N) is 6. The summed E-state index contributed by atoms with van der Waals surface area (Å²) in [5.74, 6) is -13.7. The van der Waals surface area contributed by atoms with Gasteiger partial charge in [-0.15, -0.1) is 0 Å². The van der Waals surface area contributed by atoms with Crippen molar-refractivity contribution < 1.29 is 73.2 Å². The summed E-state index contributed by atoms with van der Waals surface area (Å²) < 4.78 is 0. The minimum atomic E-state index is -1.82. The van der Waals surface area contributed by atoms with Crippen molar-refractivity contribution in [2.75, 3.05) is 26.2 Å². The topological polar surface area (TPSA) is 546 Å². The van der Waals surface area contributed by atoms with Crippen LogP contribution >= 0.6 is 0 Å². The Labute approximate surface area is 440 Å². The van der Waals surface area contributed by atoms with E-state index in [1.165, 1.54) is 6.92 Å². The predicted octanol–water partition coefficient (Wildman–Crippen LogP) is -6.04. The fourth-order valence-electron chi connectivity index (χ4n) is 6.95. The lowest BCUT2D eigenvalue weighted by Crippen LogP contribution is -2.62. The minimum Gasteiger partial charge on any atom is -0.481 e. The number of aliphatic hydroxyl groups excluding tert-OH is 1. The van der Waals surface area contributed by atoms with Crippen LogP contribution in [0.4, 0.5) is 0 Å². The number of rotatable bonds is 39. The first kappa shape index (κ1) is 68.6. The molecule has 0 aliphatic rings. The molecule has 31 nitrogen and oxygen atoms in total. The zero-order valence-corrected chi connectivity index (χ0v) is 43.8. The lowest BCUT2D eigenvalue weighted by atomic mass is 9.97. The molecule has 0 aromatic rings. The van der Waals surface area contributed by atoms with E-state index in [1.54, 1.807) is 27.7 Å². The third kappa shape index (κ3) is 27.8. The lowest BCUT2D eigenvalue weighted by Gasteiger charge is -2.29. The van der Waals surface area contributed by atoms with Crippen molar-refractivity contribution in [3.05, 3.63) is 0 Å². The van der Waals surface area contributed by atoms with E-state index in [0.717, 1.165) is 0 Å². The highest BCUT2D eigenvalue weighted by molar-refractivity contribution is 5.98. The van der Waals surface area contributed by atoms with Gasteiger partial charge in [0.05, 0.1) is 12.6 Å². The van der Waals surface area contributed by atoms with Crippen LogP contribution in [-0.2, 0) is 52.7 Å². The van der Waals surface area contributed by atoms with Crippen LogP contribution in [0.5, 0.6) is 0 Å². The van der Waals surface area contributed by atoms with Gasteiger partial charge in [0, 0.05) is 25.9 Å². The Kier molecular flexibility index (Phi) is 33.0. The predicted molar refractivity (Wildman–Crippen MR) is 275 cm³/mol. The molecule has 0 unspecified atom stereocenters. The van der Waals surface area contributed by atoms with E-state index in [2.05, 4.69) is 52.5 Å². The van der Waals surface area contributed by atoms with Gasteiger partial charge in [-0.25, -0.2) is 4.79 Å². The van der Waals surface area contributed by atoms with Crippen molar-refractivity contribution in [1.82, 2.24) is 42.5 Å². The number of nitrogens with zero attached hydrogens (tertiary/aromatic N) is 2. The van der Waals surface area contributed by atoms with Crippen LogP contribution in [0, 0.1) is 11.8 Å². The molecule has 0 fully saturated rings. The Morgan fingerprint density at radius 1 is 0.461 bits per heavy atom. The third-order valence-electron chi connectivity index (χ3n) is 11.5. The molecule has 24 N–H and O–H groups in total. The monoisotopic (exact) mass is 1090 g/mol. The van der Waals surface area contributed by atoms with E-state index in [1.807, 2.05) is 0 Å². The van der Waals surface area contributed by atoms with Gasteiger partial charge in [-0.3, -0.25) is 57.9 Å². The number of hydrogen-bond donors (Lipinski definition) is 18. The normalized spacial score (nSPS) is 14.9. The number of carbonyl (C=O) groups is 11. The molecule has 8 amide bonds. The third-order valence-corrected chi connectivity index (χ3v) is 11.5. The van der Waals surface area contributed by atoms with E-state index < -0.39 is 164 Å². The Morgan fingerprint density at radius 3 is 1.18 bits per heavy atom. The fraction of sp³-hybridized carbons (Fsp3) is 0.711. The van der Waals surface area contributed by atoms with Gasteiger partial charge in [-0.1, -0.05) is 34.1 Å². The highest BCUT2D eigenvalue weighted by Gasteiger charge is 2.36. The second kappa shape index (κ2) is 36.5. The number of aliphatic hydroxyl groups is 1. The number of nitrogens with one attached hydrogen (secondary N) is 8. The van der Waals surface area contributed by atoms with E-state index in [4.69, 9.17) is 34.4 Å². The average Bonchev–Trinajstić information content (AvgIpc) is 3.34. The molecular formula is C45H82N16O15. The summed E-state index contributed by atoms with van der Waals surface area (Å²) in [6.45, 7) is 7.10. The number of carbonyl (C=O) groups excluding carboxylic acids is 8. The zero-order chi connectivity index (χ0) is 58.2. The molecule has 0 saturated heterocycles. The standard InChI is InChI=1S/C45H82N16O15/c1-6-23(4)34(61-35(67)24(5)47)42(74)57-26(13-10-20-53-45(50)51)39(71)60-33(22(2)3)41(73)59-30(21-62)40(72)54-25(12-9-19-52-44(48)49)36(68)55-27(14-16-31(63)64)37(69)56-28(15-17-32(65)66)38(70)58-29(43(75)76)11-7-8-18-46/h22-30,33-34,62H,6-21,46-47H2,1-5H3,(H,54,72)(H,55,68)(H,56,69)(H,57,74)(H,58,70)(H,59,73)(H,60,71)(H,61,67)(H,63,64)(H,65,66)(H,75,76)(H4,48,49,52)(H4,50,51,53)/t23-,24-,25-,26-,27-,28-,29-,30-,33-,34-/m0/s1. The van der Waals surface area contributed by atoms with Gasteiger partial charge in [-0.2, -0.15) is 0 Å². The molecule has 0 aliphatic heterocycles. The Balaban J connectivity index is 6.79. The summed E-state index contributed by atoms with van der Waals surface area (Å²) in [6, 6.07) is -13.2. The molecule has 0 spiro atoms. The van der Waals surface area contributed by atoms with Crippen LogP contribution in [0.1, 0.15) is 112 Å². The second-order valence-corrected chi connectivity index (χ2v) is 18.3. The van der Waals surface area contributed by atoms with Crippen molar-refractivity contribution in [1.29, 1.82) is 0 Å². The van der Waals surface area contributed by atoms with Crippen molar-refractivity contribution in [2.45, 2.75) is 166 Å². The molecule has 432 valence electrons. The van der Waals surface area contributed by atoms with Crippen LogP contribution in [0.2, 0.25) is 0 Å². The van der Waals surface area contributed by atoms with Gasteiger partial charge < -0.3 is 97.4 Å². The van der Waals surface area contributed by atoms with Crippen LogP contribution in [0.15, 0.2) is 9.98 Å². The highest BCUT2D eigenvalue weighted by atomic mass is 16.4. The molecule has 0 aliphatic carbocycles. The van der Waals surface area contributed by atoms with Crippen molar-refractivity contribution in [3.8, 4) is 0 Å². The largest absolute Gasteiger partial charge is 0.481 e. The van der Waals surface area contributed by atoms with E-state index in [9.17, 15) is 73.2 Å². The van der Waals surface area contributed by atoms with Gasteiger partial charge in [0.25, 0.3) is 0 Å².